The SMILES string of the molecule is CN(C(=O)c1ccc(-c2nnn(Cc3ccccc3C(=O)O)n2)cc1)c1ccccn1. The largest absolute Gasteiger partial charge is 0.478 e. The summed E-state index contributed by atoms with van der Waals surface area (Å²) >= 11 is 0. The highest BCUT2D eigenvalue weighted by molar-refractivity contribution is 6.05. The summed E-state index contributed by atoms with van der Waals surface area (Å²) in [5.74, 6) is -0.258. The highest BCUT2D eigenvalue weighted by atomic mass is 16.4. The standard InChI is InChI=1S/C22H18N6O3/c1-27(19-8-4-5-13-23-19)21(29)16-11-9-15(10-12-16)20-24-26-28(25-20)14-17-6-2-3-7-18(17)22(30)31/h2-13H,14H2,1H3,(H,30,31). The molecule has 9 nitrogen and oxygen atoms in total. The van der Waals surface area contributed by atoms with Crippen LogP contribution in [-0.4, -0.2) is 49.2 Å². The summed E-state index contributed by atoms with van der Waals surface area (Å²) in [6.07, 6.45) is 1.63. The van der Waals surface area contributed by atoms with Gasteiger partial charge in [0.25, 0.3) is 5.91 Å². The number of tetrazole rings is 1. The van der Waals surface area contributed by atoms with Gasteiger partial charge in [0.15, 0.2) is 0 Å². The van der Waals surface area contributed by atoms with Crippen LogP contribution in [0.1, 0.15) is 26.3 Å². The average Bonchev–Trinajstić information content (AvgIpc) is 3.27. The first-order valence-corrected chi connectivity index (χ1v) is 9.41. The number of anilines is 1. The molecule has 1 amide bonds. The Morgan fingerprint density at radius 3 is 2.45 bits per heavy atom. The molecule has 0 spiro atoms. The number of benzene rings is 2. The summed E-state index contributed by atoms with van der Waals surface area (Å²) in [6, 6.07) is 18.9. The van der Waals surface area contributed by atoms with Gasteiger partial charge < -0.3 is 5.11 Å². The third-order valence-electron chi connectivity index (χ3n) is 4.70. The Bertz CT molecular complexity index is 1220. The fourth-order valence-electron chi connectivity index (χ4n) is 3.06. The average molecular weight is 414 g/mol. The number of carboxylic acids is 1. The lowest BCUT2D eigenvalue weighted by Gasteiger charge is -2.16. The highest BCUT2D eigenvalue weighted by Gasteiger charge is 2.16. The van der Waals surface area contributed by atoms with Gasteiger partial charge in [-0.25, -0.2) is 9.78 Å². The Balaban J connectivity index is 1.50. The molecule has 1 N–H and O–H groups in total. The number of carbonyl (C=O) groups excluding carboxylic acids is 1. The van der Waals surface area contributed by atoms with Crippen LogP contribution in [0.2, 0.25) is 0 Å². The van der Waals surface area contributed by atoms with Crippen molar-refractivity contribution in [2.24, 2.45) is 0 Å². The van der Waals surface area contributed by atoms with Crippen LogP contribution in [0.4, 0.5) is 5.82 Å². The third-order valence-corrected chi connectivity index (χ3v) is 4.70. The van der Waals surface area contributed by atoms with E-state index in [9.17, 15) is 14.7 Å². The zero-order chi connectivity index (χ0) is 21.8. The normalized spacial score (nSPS) is 10.6. The van der Waals surface area contributed by atoms with E-state index in [4.69, 9.17) is 0 Å². The summed E-state index contributed by atoms with van der Waals surface area (Å²) < 4.78 is 0. The molecule has 4 rings (SSSR count). The van der Waals surface area contributed by atoms with Crippen molar-refractivity contribution in [2.45, 2.75) is 6.54 Å². The van der Waals surface area contributed by atoms with Crippen molar-refractivity contribution in [3.05, 3.63) is 89.6 Å². The minimum atomic E-state index is -1.01. The summed E-state index contributed by atoms with van der Waals surface area (Å²) in [4.78, 5) is 31.0. The van der Waals surface area contributed by atoms with Crippen molar-refractivity contribution in [1.29, 1.82) is 0 Å². The molecule has 0 aliphatic rings. The predicted octanol–water partition coefficient (Wildman–Crippen LogP) is 2.76. The van der Waals surface area contributed by atoms with Crippen LogP contribution >= 0.6 is 0 Å². The van der Waals surface area contributed by atoms with Gasteiger partial charge >= 0.3 is 5.97 Å². The molecule has 0 saturated heterocycles. The van der Waals surface area contributed by atoms with E-state index in [0.29, 0.717) is 28.3 Å². The van der Waals surface area contributed by atoms with Crippen molar-refractivity contribution >= 4 is 17.7 Å². The van der Waals surface area contributed by atoms with Gasteiger partial charge in [-0.15, -0.1) is 10.2 Å². The first-order valence-electron chi connectivity index (χ1n) is 9.41. The summed E-state index contributed by atoms with van der Waals surface area (Å²) in [5, 5.41) is 21.7. The number of aromatic carboxylic acids is 1. The Labute approximate surface area is 177 Å². The molecule has 0 bridgehead atoms. The first-order chi connectivity index (χ1) is 15.0. The van der Waals surface area contributed by atoms with E-state index in [0.717, 1.165) is 0 Å². The van der Waals surface area contributed by atoms with E-state index in [1.165, 1.54) is 15.8 Å². The predicted molar refractivity (Wildman–Crippen MR) is 113 cm³/mol. The highest BCUT2D eigenvalue weighted by Crippen LogP contribution is 2.18. The first kappa shape index (κ1) is 19.9. The van der Waals surface area contributed by atoms with E-state index >= 15 is 0 Å². The van der Waals surface area contributed by atoms with Gasteiger partial charge in [-0.2, -0.15) is 4.80 Å². The zero-order valence-electron chi connectivity index (χ0n) is 16.6. The molecule has 9 heteroatoms. The van der Waals surface area contributed by atoms with Crippen LogP contribution in [-0.2, 0) is 6.54 Å². The second-order valence-corrected chi connectivity index (χ2v) is 6.74. The van der Waals surface area contributed by atoms with Crippen molar-refractivity contribution in [3.63, 3.8) is 0 Å². The van der Waals surface area contributed by atoms with E-state index < -0.39 is 5.97 Å². The number of hydrogen-bond acceptors (Lipinski definition) is 6. The van der Waals surface area contributed by atoms with E-state index in [2.05, 4.69) is 20.4 Å². The number of aromatic nitrogens is 5. The molecule has 0 saturated carbocycles. The summed E-state index contributed by atoms with van der Waals surface area (Å²) in [5.41, 5.74) is 1.97. The molecule has 0 fully saturated rings. The Morgan fingerprint density at radius 1 is 1.00 bits per heavy atom. The summed E-state index contributed by atoms with van der Waals surface area (Å²) in [6.45, 7) is 0.181. The van der Waals surface area contributed by atoms with Gasteiger partial charge in [0, 0.05) is 24.4 Å². The van der Waals surface area contributed by atoms with Gasteiger partial charge in [0.05, 0.1) is 12.1 Å². The molecule has 154 valence electrons. The number of hydrogen-bond donors (Lipinski definition) is 1. The number of carbonyl (C=O) groups is 2. The van der Waals surface area contributed by atoms with Crippen LogP contribution < -0.4 is 4.90 Å². The molecule has 0 atom stereocenters. The van der Waals surface area contributed by atoms with Crippen LogP contribution in [0.3, 0.4) is 0 Å². The van der Waals surface area contributed by atoms with Crippen molar-refractivity contribution < 1.29 is 14.7 Å². The van der Waals surface area contributed by atoms with Crippen LogP contribution in [0.5, 0.6) is 0 Å². The number of amides is 1. The Hall–Kier alpha value is -4.40. The van der Waals surface area contributed by atoms with Gasteiger partial charge in [0.1, 0.15) is 5.82 Å². The molecule has 0 aliphatic heterocycles. The van der Waals surface area contributed by atoms with Crippen LogP contribution in [0, 0.1) is 0 Å². The fourth-order valence-corrected chi connectivity index (χ4v) is 3.06. The smallest absolute Gasteiger partial charge is 0.336 e. The van der Waals surface area contributed by atoms with E-state index in [1.54, 1.807) is 67.8 Å². The lowest BCUT2D eigenvalue weighted by Crippen LogP contribution is -2.26. The Morgan fingerprint density at radius 2 is 1.74 bits per heavy atom. The lowest BCUT2D eigenvalue weighted by atomic mass is 10.1. The molecule has 0 aliphatic carbocycles. The number of pyridine rings is 1. The molecule has 2 aromatic heterocycles. The maximum atomic E-state index is 12.7. The van der Waals surface area contributed by atoms with Crippen molar-refractivity contribution in [3.8, 4) is 11.4 Å². The monoisotopic (exact) mass is 414 g/mol. The number of rotatable bonds is 6. The van der Waals surface area contributed by atoms with E-state index in [-0.39, 0.29) is 18.0 Å². The van der Waals surface area contributed by atoms with Crippen molar-refractivity contribution in [1.82, 2.24) is 25.2 Å². The fraction of sp³-hybridized carbons (Fsp3) is 0.0909. The second kappa shape index (κ2) is 8.54. The van der Waals surface area contributed by atoms with Gasteiger partial charge in [0.2, 0.25) is 5.82 Å². The molecule has 2 heterocycles. The molecular formula is C22H18N6O3. The van der Waals surface area contributed by atoms with Gasteiger partial charge in [-0.05, 0) is 41.1 Å². The minimum Gasteiger partial charge on any atom is -0.478 e. The topological polar surface area (TPSA) is 114 Å². The minimum absolute atomic E-state index is 0.181. The molecule has 4 aromatic rings. The maximum absolute atomic E-state index is 12.7. The lowest BCUT2D eigenvalue weighted by molar-refractivity contribution is 0.0695. The molecule has 2 aromatic carbocycles. The molecular weight excluding hydrogens is 396 g/mol. The number of carboxylic acid groups (broad SMARTS) is 1. The second-order valence-electron chi connectivity index (χ2n) is 6.74. The Kier molecular flexibility index (Phi) is 5.48. The molecule has 0 unspecified atom stereocenters. The molecule has 31 heavy (non-hydrogen) atoms. The number of nitrogens with zero attached hydrogens (tertiary/aromatic N) is 6. The molecule has 0 radical (unpaired) electrons. The third kappa shape index (κ3) is 4.30. The van der Waals surface area contributed by atoms with Crippen LogP contribution in [0.15, 0.2) is 72.9 Å². The maximum Gasteiger partial charge on any atom is 0.336 e. The van der Waals surface area contributed by atoms with Crippen molar-refractivity contribution in [2.75, 3.05) is 11.9 Å². The van der Waals surface area contributed by atoms with Gasteiger partial charge in [-0.1, -0.05) is 36.4 Å². The van der Waals surface area contributed by atoms with Gasteiger partial charge in [-0.3, -0.25) is 9.69 Å². The summed E-state index contributed by atoms with van der Waals surface area (Å²) in [7, 11) is 1.67. The van der Waals surface area contributed by atoms with E-state index in [1.807, 2.05) is 6.07 Å². The quantitative estimate of drug-likeness (QED) is 0.516. The zero-order valence-corrected chi connectivity index (χ0v) is 16.6. The van der Waals surface area contributed by atoms with Crippen LogP contribution in [0.25, 0.3) is 11.4 Å².